The molecule has 9 heteroatoms. The molecule has 3 N–H and O–H groups in total. The second kappa shape index (κ2) is 9.17. The monoisotopic (exact) mass is 358 g/mol. The van der Waals surface area contributed by atoms with Crippen LogP contribution in [0.5, 0.6) is 0 Å². The summed E-state index contributed by atoms with van der Waals surface area (Å²) >= 11 is 0. The number of benzene rings is 1. The van der Waals surface area contributed by atoms with E-state index >= 15 is 0 Å². The highest BCUT2D eigenvalue weighted by atomic mass is 32.2. The van der Waals surface area contributed by atoms with E-state index in [1.807, 2.05) is 13.8 Å². The summed E-state index contributed by atoms with van der Waals surface area (Å²) in [7, 11) is -5.67. The molecule has 2 unspecified atom stereocenters. The van der Waals surface area contributed by atoms with E-state index in [1.54, 1.807) is 24.3 Å². The molecule has 0 saturated heterocycles. The number of hydrogen-bond acceptors (Lipinski definition) is 6. The minimum absolute atomic E-state index is 0.0361. The van der Waals surface area contributed by atoms with E-state index in [0.717, 1.165) is 5.56 Å². The number of hydrogen-bond donors (Lipinski definition) is 3. The van der Waals surface area contributed by atoms with Gasteiger partial charge in [-0.25, -0.2) is 0 Å². The average Bonchev–Trinajstić information content (AvgIpc) is 2.51. The van der Waals surface area contributed by atoms with Gasteiger partial charge in [0, 0.05) is 0 Å². The lowest BCUT2D eigenvalue weighted by Gasteiger charge is -2.19. The van der Waals surface area contributed by atoms with E-state index in [1.165, 1.54) is 0 Å². The predicted molar refractivity (Wildman–Crippen MR) is 90.5 cm³/mol. The molecular weight excluding hydrogens is 335 g/mol. The van der Waals surface area contributed by atoms with Crippen LogP contribution in [0.2, 0.25) is 0 Å². The fourth-order valence-electron chi connectivity index (χ4n) is 2.35. The molecule has 0 radical (unpaired) electrons. The Kier molecular flexibility index (Phi) is 7.88. The van der Waals surface area contributed by atoms with Crippen molar-refractivity contribution in [1.82, 2.24) is 0 Å². The average molecular weight is 358 g/mol. The molecule has 134 valence electrons. The topological polar surface area (TPSA) is 121 Å². The predicted octanol–water partition coefficient (Wildman–Crippen LogP) is 0.317. The lowest BCUT2D eigenvalue weighted by Crippen LogP contribution is -2.29. The quantitative estimate of drug-likeness (QED) is 0.330. The van der Waals surface area contributed by atoms with Gasteiger partial charge in [0.1, 0.15) is 12.4 Å². The first-order valence-electron chi connectivity index (χ1n) is 7.71. The first-order valence-corrected chi connectivity index (χ1v) is 9.32. The van der Waals surface area contributed by atoms with Crippen LogP contribution in [0, 0.1) is 5.92 Å². The maximum Gasteiger partial charge on any atom is 0.488 e. The zero-order chi connectivity index (χ0) is 18.3. The standard InChI is InChI=1S/C15H23BO7S/c1-3-12(15(17)23-8-9-24(20,21)22)10-11(2)13-4-6-14(7-5-13)16(18)19/h4-7,11-12,18-19H,3,8-10H2,1-2H3,(H,20,21,22). The van der Waals surface area contributed by atoms with E-state index in [4.69, 9.17) is 19.3 Å². The summed E-state index contributed by atoms with van der Waals surface area (Å²) in [6.45, 7) is 3.41. The smallest absolute Gasteiger partial charge is 0.464 e. The van der Waals surface area contributed by atoms with Crippen molar-refractivity contribution in [3.63, 3.8) is 0 Å². The van der Waals surface area contributed by atoms with Crippen LogP contribution in [0.25, 0.3) is 0 Å². The summed E-state index contributed by atoms with van der Waals surface area (Å²) in [5.41, 5.74) is 1.34. The number of esters is 1. The van der Waals surface area contributed by atoms with E-state index in [-0.39, 0.29) is 18.4 Å². The summed E-state index contributed by atoms with van der Waals surface area (Å²) in [5, 5.41) is 18.2. The van der Waals surface area contributed by atoms with Crippen LogP contribution in [-0.2, 0) is 19.6 Å². The SMILES string of the molecule is CCC(CC(C)c1ccc(B(O)O)cc1)C(=O)OCCS(=O)(=O)O. The van der Waals surface area contributed by atoms with Gasteiger partial charge in [0.05, 0.1) is 5.92 Å². The molecule has 1 aromatic carbocycles. The first-order chi connectivity index (χ1) is 11.1. The van der Waals surface area contributed by atoms with Crippen molar-refractivity contribution < 1.29 is 32.5 Å². The maximum atomic E-state index is 12.0. The molecule has 0 bridgehead atoms. The zero-order valence-corrected chi connectivity index (χ0v) is 14.6. The van der Waals surface area contributed by atoms with Gasteiger partial charge in [0.2, 0.25) is 0 Å². The highest BCUT2D eigenvalue weighted by Gasteiger charge is 2.22. The molecule has 0 aromatic heterocycles. The summed E-state index contributed by atoms with van der Waals surface area (Å²) in [6.07, 6.45) is 1.06. The van der Waals surface area contributed by atoms with E-state index in [2.05, 4.69) is 0 Å². The Bertz CT molecular complexity index is 628. The zero-order valence-electron chi connectivity index (χ0n) is 13.8. The third-order valence-corrected chi connectivity index (χ3v) is 4.54. The van der Waals surface area contributed by atoms with Crippen LogP contribution in [0.1, 0.15) is 38.2 Å². The van der Waals surface area contributed by atoms with Crippen LogP contribution >= 0.6 is 0 Å². The third kappa shape index (κ3) is 7.00. The Morgan fingerprint density at radius 3 is 2.29 bits per heavy atom. The largest absolute Gasteiger partial charge is 0.488 e. The molecule has 0 saturated carbocycles. The minimum atomic E-state index is -4.15. The van der Waals surface area contributed by atoms with E-state index in [0.29, 0.717) is 18.3 Å². The van der Waals surface area contributed by atoms with Gasteiger partial charge in [-0.1, -0.05) is 38.1 Å². The van der Waals surface area contributed by atoms with Gasteiger partial charge < -0.3 is 14.8 Å². The van der Waals surface area contributed by atoms with Crippen molar-refractivity contribution in [3.05, 3.63) is 29.8 Å². The summed E-state index contributed by atoms with van der Waals surface area (Å²) in [6, 6.07) is 6.77. The van der Waals surface area contributed by atoms with Gasteiger partial charge in [0.15, 0.2) is 0 Å². The molecule has 0 heterocycles. The Morgan fingerprint density at radius 1 is 1.25 bits per heavy atom. The second-order valence-corrected chi connectivity index (χ2v) is 7.31. The molecular formula is C15H23BO7S. The molecule has 0 amide bonds. The number of carbonyl (C=O) groups is 1. The summed E-state index contributed by atoms with van der Waals surface area (Å²) in [4.78, 5) is 12.0. The lowest BCUT2D eigenvalue weighted by atomic mass is 9.79. The third-order valence-electron chi connectivity index (χ3n) is 3.85. The summed E-state index contributed by atoms with van der Waals surface area (Å²) < 4.78 is 34.8. The Morgan fingerprint density at radius 2 is 1.83 bits per heavy atom. The van der Waals surface area contributed by atoms with Gasteiger partial charge in [0.25, 0.3) is 10.1 Å². The van der Waals surface area contributed by atoms with Crippen molar-refractivity contribution in [2.75, 3.05) is 12.4 Å². The minimum Gasteiger partial charge on any atom is -0.464 e. The van der Waals surface area contributed by atoms with Gasteiger partial charge >= 0.3 is 13.1 Å². The number of carbonyl (C=O) groups excluding carboxylic acids is 1. The van der Waals surface area contributed by atoms with Crippen LogP contribution < -0.4 is 5.46 Å². The van der Waals surface area contributed by atoms with Crippen LogP contribution in [0.3, 0.4) is 0 Å². The molecule has 0 aliphatic rings. The molecule has 24 heavy (non-hydrogen) atoms. The summed E-state index contributed by atoms with van der Waals surface area (Å²) in [5.74, 6) is -1.45. The van der Waals surface area contributed by atoms with Gasteiger partial charge in [-0.15, -0.1) is 0 Å². The van der Waals surface area contributed by atoms with Crippen LogP contribution in [0.4, 0.5) is 0 Å². The molecule has 0 aliphatic carbocycles. The highest BCUT2D eigenvalue weighted by Crippen LogP contribution is 2.25. The molecule has 1 rings (SSSR count). The van der Waals surface area contributed by atoms with Gasteiger partial charge in [-0.2, -0.15) is 8.42 Å². The van der Waals surface area contributed by atoms with Gasteiger partial charge in [-0.05, 0) is 29.8 Å². The lowest BCUT2D eigenvalue weighted by molar-refractivity contribution is -0.148. The fourth-order valence-corrected chi connectivity index (χ4v) is 2.65. The Labute approximate surface area is 142 Å². The maximum absolute atomic E-state index is 12.0. The van der Waals surface area contributed by atoms with Crippen LogP contribution in [0.15, 0.2) is 24.3 Å². The number of ether oxygens (including phenoxy) is 1. The Hall–Kier alpha value is -1.42. The normalized spacial score (nSPS) is 14.0. The van der Waals surface area contributed by atoms with Crippen molar-refractivity contribution in [1.29, 1.82) is 0 Å². The van der Waals surface area contributed by atoms with E-state index in [9.17, 15) is 13.2 Å². The second-order valence-electron chi connectivity index (χ2n) is 5.74. The number of rotatable bonds is 9. The molecule has 1 aromatic rings. The van der Waals surface area contributed by atoms with E-state index < -0.39 is 29.0 Å². The molecule has 7 nitrogen and oxygen atoms in total. The highest BCUT2D eigenvalue weighted by molar-refractivity contribution is 7.85. The van der Waals surface area contributed by atoms with Crippen molar-refractivity contribution in [2.24, 2.45) is 5.92 Å². The molecule has 0 fully saturated rings. The molecule has 2 atom stereocenters. The molecule has 0 spiro atoms. The van der Waals surface area contributed by atoms with Crippen molar-refractivity contribution in [2.45, 2.75) is 32.6 Å². The van der Waals surface area contributed by atoms with Crippen molar-refractivity contribution >= 4 is 28.7 Å². The molecule has 0 aliphatic heterocycles. The Balaban J connectivity index is 2.61. The van der Waals surface area contributed by atoms with Crippen molar-refractivity contribution in [3.8, 4) is 0 Å². The van der Waals surface area contributed by atoms with Gasteiger partial charge in [-0.3, -0.25) is 9.35 Å². The fraction of sp³-hybridized carbons (Fsp3) is 0.533. The first kappa shape index (κ1) is 20.6. The van der Waals surface area contributed by atoms with Crippen LogP contribution in [-0.4, -0.2) is 48.5 Å².